The van der Waals surface area contributed by atoms with E-state index in [9.17, 15) is 19.5 Å². The number of amides is 1. The molecule has 1 fully saturated rings. The van der Waals surface area contributed by atoms with Crippen molar-refractivity contribution in [2.24, 2.45) is 0 Å². The highest BCUT2D eigenvalue weighted by Crippen LogP contribution is 2.43. The smallest absolute Gasteiger partial charge is 0.338 e. The fourth-order valence-electron chi connectivity index (χ4n) is 4.64. The third-order valence-electron chi connectivity index (χ3n) is 6.36. The van der Waals surface area contributed by atoms with Crippen LogP contribution in [-0.2, 0) is 20.9 Å². The topological polar surface area (TPSA) is 93.1 Å². The Morgan fingerprint density at radius 1 is 1.03 bits per heavy atom. The van der Waals surface area contributed by atoms with Crippen molar-refractivity contribution in [2.45, 2.75) is 33.4 Å². The van der Waals surface area contributed by atoms with Gasteiger partial charge in [-0.3, -0.25) is 9.59 Å². The number of aliphatic hydroxyl groups is 1. The minimum absolute atomic E-state index is 0.0521. The molecule has 8 heteroatoms. The molecule has 0 aliphatic carbocycles. The molecule has 0 aromatic heterocycles. The van der Waals surface area contributed by atoms with E-state index in [1.807, 2.05) is 31.2 Å². The van der Waals surface area contributed by atoms with Crippen LogP contribution in [0, 0.1) is 13.8 Å². The van der Waals surface area contributed by atoms with Gasteiger partial charge in [0.05, 0.1) is 41.5 Å². The number of carbonyl (C=O) groups excluding carboxylic acids is 3. The van der Waals surface area contributed by atoms with Crippen molar-refractivity contribution in [2.75, 3.05) is 13.7 Å². The first-order chi connectivity index (χ1) is 18.2. The van der Waals surface area contributed by atoms with E-state index in [1.165, 1.54) is 12.0 Å². The van der Waals surface area contributed by atoms with Gasteiger partial charge >= 0.3 is 5.97 Å². The Balaban J connectivity index is 1.84. The first-order valence-electron chi connectivity index (χ1n) is 12.1. The summed E-state index contributed by atoms with van der Waals surface area (Å²) in [6.07, 6.45) is 0. The lowest BCUT2D eigenvalue weighted by Crippen LogP contribution is -2.29. The molecule has 1 atom stereocenters. The monoisotopic (exact) mass is 533 g/mol. The molecule has 1 amide bonds. The van der Waals surface area contributed by atoms with Crippen LogP contribution in [0.1, 0.15) is 51.1 Å². The fourth-order valence-corrected chi connectivity index (χ4v) is 5.00. The van der Waals surface area contributed by atoms with Gasteiger partial charge in [0.25, 0.3) is 11.7 Å². The maximum atomic E-state index is 13.4. The van der Waals surface area contributed by atoms with Gasteiger partial charge in [-0.2, -0.15) is 0 Å². The lowest BCUT2D eigenvalue weighted by Gasteiger charge is -2.26. The van der Waals surface area contributed by atoms with Gasteiger partial charge in [-0.05, 0) is 61.7 Å². The molecule has 4 rings (SSSR count). The predicted molar refractivity (Wildman–Crippen MR) is 144 cm³/mol. The van der Waals surface area contributed by atoms with Crippen molar-refractivity contribution >= 4 is 35.0 Å². The van der Waals surface area contributed by atoms with Crippen molar-refractivity contribution in [3.05, 3.63) is 105 Å². The summed E-state index contributed by atoms with van der Waals surface area (Å²) < 4.78 is 10.5. The summed E-state index contributed by atoms with van der Waals surface area (Å²) in [6, 6.07) is 16.6. The molecule has 3 aromatic carbocycles. The Morgan fingerprint density at radius 3 is 2.37 bits per heavy atom. The van der Waals surface area contributed by atoms with Crippen LogP contribution < -0.4 is 4.74 Å². The Hall–Kier alpha value is -4.10. The second kappa shape index (κ2) is 11.1. The number of carbonyl (C=O) groups is 3. The minimum Gasteiger partial charge on any atom is -0.507 e. The summed E-state index contributed by atoms with van der Waals surface area (Å²) in [5, 5.41) is 11.8. The van der Waals surface area contributed by atoms with Crippen LogP contribution in [0.5, 0.6) is 5.75 Å². The molecule has 1 aliphatic rings. The third kappa shape index (κ3) is 5.15. The quantitative estimate of drug-likeness (QED) is 0.179. The first-order valence-corrected chi connectivity index (χ1v) is 12.5. The highest BCUT2D eigenvalue weighted by molar-refractivity contribution is 6.46. The lowest BCUT2D eigenvalue weighted by molar-refractivity contribution is -0.140. The van der Waals surface area contributed by atoms with Crippen molar-refractivity contribution in [3.63, 3.8) is 0 Å². The van der Waals surface area contributed by atoms with E-state index in [2.05, 4.69) is 0 Å². The van der Waals surface area contributed by atoms with Gasteiger partial charge in [0.2, 0.25) is 0 Å². The highest BCUT2D eigenvalue weighted by atomic mass is 35.5. The molecule has 1 heterocycles. The Labute approximate surface area is 226 Å². The van der Waals surface area contributed by atoms with E-state index in [0.29, 0.717) is 16.7 Å². The van der Waals surface area contributed by atoms with Crippen molar-refractivity contribution in [1.29, 1.82) is 0 Å². The van der Waals surface area contributed by atoms with Crippen LogP contribution in [-0.4, -0.2) is 41.4 Å². The number of aryl methyl sites for hydroxylation is 2. The van der Waals surface area contributed by atoms with Crippen LogP contribution >= 0.6 is 11.6 Å². The molecule has 1 saturated heterocycles. The minimum atomic E-state index is -0.858. The van der Waals surface area contributed by atoms with Gasteiger partial charge in [-0.15, -0.1) is 0 Å². The molecule has 38 heavy (non-hydrogen) atoms. The normalized spacial score (nSPS) is 16.6. The van der Waals surface area contributed by atoms with Gasteiger partial charge in [0.1, 0.15) is 11.5 Å². The first kappa shape index (κ1) is 26.9. The average Bonchev–Trinajstić information content (AvgIpc) is 3.13. The highest BCUT2D eigenvalue weighted by Gasteiger charge is 2.46. The molecule has 0 bridgehead atoms. The zero-order valence-corrected chi connectivity index (χ0v) is 22.3. The number of ketones is 1. The molecule has 1 unspecified atom stereocenters. The number of benzene rings is 3. The number of aliphatic hydroxyl groups excluding tert-OH is 1. The largest absolute Gasteiger partial charge is 0.507 e. The predicted octanol–water partition coefficient (Wildman–Crippen LogP) is 5.76. The number of hydrogen-bond donors (Lipinski definition) is 1. The summed E-state index contributed by atoms with van der Waals surface area (Å²) >= 11 is 6.36. The van der Waals surface area contributed by atoms with E-state index >= 15 is 0 Å². The zero-order valence-electron chi connectivity index (χ0n) is 21.6. The molecule has 196 valence electrons. The number of methoxy groups -OCH3 is 1. The van der Waals surface area contributed by atoms with Gasteiger partial charge in [0.15, 0.2) is 0 Å². The summed E-state index contributed by atoms with van der Waals surface area (Å²) in [6.45, 7) is 5.79. The van der Waals surface area contributed by atoms with Crippen molar-refractivity contribution in [3.8, 4) is 5.75 Å². The van der Waals surface area contributed by atoms with E-state index in [-0.39, 0.29) is 40.8 Å². The van der Waals surface area contributed by atoms with Crippen LogP contribution in [0.2, 0.25) is 5.02 Å². The molecular formula is C30H28ClNO6. The number of rotatable bonds is 7. The lowest BCUT2D eigenvalue weighted by atomic mass is 9.93. The second-order valence-corrected chi connectivity index (χ2v) is 9.49. The third-order valence-corrected chi connectivity index (χ3v) is 6.64. The van der Waals surface area contributed by atoms with Crippen LogP contribution in [0.25, 0.3) is 5.76 Å². The van der Waals surface area contributed by atoms with Gasteiger partial charge in [-0.25, -0.2) is 4.79 Å². The van der Waals surface area contributed by atoms with E-state index in [1.54, 1.807) is 50.2 Å². The Bertz CT molecular complexity index is 1440. The zero-order chi connectivity index (χ0) is 27.6. The number of ether oxygens (including phenoxy) is 2. The van der Waals surface area contributed by atoms with Crippen molar-refractivity contribution < 1.29 is 29.0 Å². The number of hydrogen-bond acceptors (Lipinski definition) is 6. The molecule has 7 nitrogen and oxygen atoms in total. The summed E-state index contributed by atoms with van der Waals surface area (Å²) in [5.41, 5.74) is 3.62. The number of halogens is 1. The number of Topliss-reactive ketones (excluding diaryl/α,β-unsaturated/α-hetero) is 1. The number of nitrogens with zero attached hydrogens (tertiary/aromatic N) is 1. The van der Waals surface area contributed by atoms with E-state index in [4.69, 9.17) is 21.1 Å². The second-order valence-electron chi connectivity index (χ2n) is 9.09. The Morgan fingerprint density at radius 2 is 1.74 bits per heavy atom. The Kier molecular flexibility index (Phi) is 7.88. The van der Waals surface area contributed by atoms with Crippen LogP contribution in [0.3, 0.4) is 0 Å². The molecular weight excluding hydrogens is 506 g/mol. The molecule has 0 radical (unpaired) electrons. The van der Waals surface area contributed by atoms with Gasteiger partial charge in [-0.1, -0.05) is 53.6 Å². The average molecular weight is 534 g/mol. The molecule has 0 saturated carbocycles. The van der Waals surface area contributed by atoms with Crippen LogP contribution in [0.15, 0.2) is 66.2 Å². The van der Waals surface area contributed by atoms with Crippen LogP contribution in [0.4, 0.5) is 0 Å². The SMILES string of the molecule is CCOC(=O)c1ccc(CN2C(=O)C(=O)/C(=C(/O)c3cc(C)cc(Cl)c3OC)C2c2cccc(C)c2)cc1. The molecule has 3 aromatic rings. The summed E-state index contributed by atoms with van der Waals surface area (Å²) in [5.74, 6) is -2.15. The van der Waals surface area contributed by atoms with Gasteiger partial charge < -0.3 is 19.5 Å². The molecule has 1 N–H and O–H groups in total. The maximum Gasteiger partial charge on any atom is 0.338 e. The number of esters is 1. The van der Waals surface area contributed by atoms with E-state index in [0.717, 1.165) is 11.1 Å². The standard InChI is InChI=1S/C30H28ClNO6/c1-5-38-30(36)20-11-9-19(10-12-20)16-32-25(21-8-6-7-17(2)13-21)24(27(34)29(32)35)26(33)22-14-18(3)15-23(31)28(22)37-4/h6-15,25,33H,5,16H2,1-4H3/b26-24+. The summed E-state index contributed by atoms with van der Waals surface area (Å²) in [7, 11) is 1.42. The van der Waals surface area contributed by atoms with Gasteiger partial charge in [0, 0.05) is 6.54 Å². The number of likely N-dealkylation sites (tertiary alicyclic amines) is 1. The maximum absolute atomic E-state index is 13.4. The summed E-state index contributed by atoms with van der Waals surface area (Å²) in [4.78, 5) is 40.3. The van der Waals surface area contributed by atoms with Crippen molar-refractivity contribution in [1.82, 2.24) is 4.90 Å². The van der Waals surface area contributed by atoms with E-state index < -0.39 is 23.7 Å². The molecule has 1 aliphatic heterocycles. The molecule has 0 spiro atoms. The fraction of sp³-hybridized carbons (Fsp3) is 0.233.